The van der Waals surface area contributed by atoms with Gasteiger partial charge in [0, 0.05) is 12.3 Å². The minimum atomic E-state index is -2.36. The third-order valence-electron chi connectivity index (χ3n) is 3.41. The van der Waals surface area contributed by atoms with E-state index < -0.39 is 29.1 Å². The van der Waals surface area contributed by atoms with Crippen LogP contribution in [0.2, 0.25) is 0 Å². The number of hydrogen-bond acceptors (Lipinski definition) is 3. The molecular weight excluding hydrogens is 248 g/mol. The minimum Gasteiger partial charge on any atom is -0.480 e. The summed E-state index contributed by atoms with van der Waals surface area (Å²) in [5.74, 6) is -4.27. The van der Waals surface area contributed by atoms with Gasteiger partial charge in [0.15, 0.2) is 5.78 Å². The van der Waals surface area contributed by atoms with Crippen molar-refractivity contribution in [2.45, 2.75) is 19.3 Å². The molecule has 1 aliphatic carbocycles. The highest BCUT2D eigenvalue weighted by Crippen LogP contribution is 2.39. The molecule has 2 rings (SSSR count). The van der Waals surface area contributed by atoms with Gasteiger partial charge in [0.2, 0.25) is 5.41 Å². The first-order chi connectivity index (χ1) is 8.98. The maximum Gasteiger partial charge on any atom is 0.329 e. The summed E-state index contributed by atoms with van der Waals surface area (Å²) in [6, 6.07) is 8.37. The van der Waals surface area contributed by atoms with Crippen LogP contribution in [-0.2, 0) is 20.8 Å². The molecule has 19 heavy (non-hydrogen) atoms. The molecule has 1 fully saturated rings. The average Bonchev–Trinajstić information content (AvgIpc) is 3.19. The van der Waals surface area contributed by atoms with Crippen LogP contribution in [0.25, 0.3) is 0 Å². The van der Waals surface area contributed by atoms with E-state index in [2.05, 4.69) is 0 Å². The number of rotatable bonds is 6. The summed E-state index contributed by atoms with van der Waals surface area (Å²) in [5.41, 5.74) is -1.83. The van der Waals surface area contributed by atoms with Gasteiger partial charge in [-0.25, -0.2) is 0 Å². The Hall–Kier alpha value is -2.17. The Bertz CT molecular complexity index is 502. The van der Waals surface area contributed by atoms with Crippen LogP contribution < -0.4 is 0 Å². The molecule has 100 valence electrons. The average molecular weight is 262 g/mol. The normalized spacial score (nSPS) is 14.9. The molecule has 0 bridgehead atoms. The van der Waals surface area contributed by atoms with Crippen LogP contribution in [0.4, 0.5) is 0 Å². The highest BCUT2D eigenvalue weighted by molar-refractivity contribution is 6.20. The Kier molecular flexibility index (Phi) is 3.38. The number of carboxylic acid groups (broad SMARTS) is 2. The number of aliphatic carboxylic acids is 2. The SMILES string of the molecule is O=C(O)C(Cc1ccccc1)(C(=O)O)C(=O)C1CC1. The predicted molar refractivity (Wildman–Crippen MR) is 65.6 cm³/mol. The van der Waals surface area contributed by atoms with Crippen molar-refractivity contribution >= 4 is 17.7 Å². The van der Waals surface area contributed by atoms with Crippen LogP contribution in [0.3, 0.4) is 0 Å². The highest BCUT2D eigenvalue weighted by atomic mass is 16.4. The Morgan fingerprint density at radius 1 is 1.05 bits per heavy atom. The fraction of sp³-hybridized carbons (Fsp3) is 0.357. The molecule has 1 saturated carbocycles. The number of ketones is 1. The lowest BCUT2D eigenvalue weighted by molar-refractivity contribution is -0.168. The molecule has 0 spiro atoms. The fourth-order valence-electron chi connectivity index (χ4n) is 2.14. The second-order valence-corrected chi connectivity index (χ2v) is 4.82. The molecule has 0 amide bonds. The topological polar surface area (TPSA) is 91.7 Å². The van der Waals surface area contributed by atoms with Gasteiger partial charge in [0.1, 0.15) is 0 Å². The van der Waals surface area contributed by atoms with E-state index in [-0.39, 0.29) is 6.42 Å². The number of carbonyl (C=O) groups excluding carboxylic acids is 1. The Morgan fingerprint density at radius 3 is 2.00 bits per heavy atom. The lowest BCUT2D eigenvalue weighted by Gasteiger charge is -2.23. The van der Waals surface area contributed by atoms with Crippen molar-refractivity contribution in [1.82, 2.24) is 0 Å². The highest BCUT2D eigenvalue weighted by Gasteiger charge is 2.57. The van der Waals surface area contributed by atoms with Gasteiger partial charge in [-0.1, -0.05) is 30.3 Å². The van der Waals surface area contributed by atoms with E-state index >= 15 is 0 Å². The molecule has 1 aliphatic rings. The van der Waals surface area contributed by atoms with Crippen molar-refractivity contribution < 1.29 is 24.6 Å². The molecule has 1 aromatic rings. The predicted octanol–water partition coefficient (Wildman–Crippen LogP) is 1.36. The molecule has 0 saturated heterocycles. The van der Waals surface area contributed by atoms with Gasteiger partial charge in [-0.15, -0.1) is 0 Å². The Labute approximate surface area is 109 Å². The Morgan fingerprint density at radius 2 is 1.58 bits per heavy atom. The lowest BCUT2D eigenvalue weighted by Crippen LogP contribution is -2.49. The number of hydrogen-bond donors (Lipinski definition) is 2. The van der Waals surface area contributed by atoms with Gasteiger partial charge < -0.3 is 10.2 Å². The molecule has 0 atom stereocenters. The van der Waals surface area contributed by atoms with Gasteiger partial charge in [-0.3, -0.25) is 14.4 Å². The van der Waals surface area contributed by atoms with Crippen molar-refractivity contribution in [3.8, 4) is 0 Å². The Balaban J connectivity index is 2.40. The van der Waals surface area contributed by atoms with E-state index in [1.807, 2.05) is 0 Å². The quantitative estimate of drug-likeness (QED) is 0.755. The van der Waals surface area contributed by atoms with Gasteiger partial charge in [-0.2, -0.15) is 0 Å². The third kappa shape index (κ3) is 2.36. The second kappa shape index (κ2) is 4.84. The van der Waals surface area contributed by atoms with E-state index in [4.69, 9.17) is 0 Å². The molecule has 2 N–H and O–H groups in total. The first-order valence-corrected chi connectivity index (χ1v) is 6.03. The molecule has 0 heterocycles. The standard InChI is InChI=1S/C14H14O5/c15-11(10-6-7-10)14(12(16)17,13(18)19)8-9-4-2-1-3-5-9/h1-5,10H,6-8H2,(H,16,17)(H,18,19). The van der Waals surface area contributed by atoms with Crippen LogP contribution in [0.5, 0.6) is 0 Å². The summed E-state index contributed by atoms with van der Waals surface area (Å²) in [6.07, 6.45) is 0.847. The first-order valence-electron chi connectivity index (χ1n) is 6.03. The maximum absolute atomic E-state index is 12.2. The lowest BCUT2D eigenvalue weighted by atomic mass is 9.76. The molecule has 1 aromatic carbocycles. The monoisotopic (exact) mass is 262 g/mol. The molecule has 0 aromatic heterocycles. The van der Waals surface area contributed by atoms with E-state index in [9.17, 15) is 24.6 Å². The summed E-state index contributed by atoms with van der Waals surface area (Å²) in [6.45, 7) is 0. The van der Waals surface area contributed by atoms with Gasteiger partial charge in [0.05, 0.1) is 0 Å². The number of carboxylic acids is 2. The first kappa shape index (κ1) is 13.3. The zero-order valence-electron chi connectivity index (χ0n) is 10.2. The molecule has 0 aliphatic heterocycles. The molecule has 5 nitrogen and oxygen atoms in total. The largest absolute Gasteiger partial charge is 0.480 e. The molecule has 0 radical (unpaired) electrons. The van der Waals surface area contributed by atoms with Gasteiger partial charge >= 0.3 is 11.9 Å². The summed E-state index contributed by atoms with van der Waals surface area (Å²) >= 11 is 0. The second-order valence-electron chi connectivity index (χ2n) is 4.82. The van der Waals surface area contributed by atoms with Crippen LogP contribution in [0.1, 0.15) is 18.4 Å². The van der Waals surface area contributed by atoms with Gasteiger partial charge in [0.25, 0.3) is 0 Å². The summed E-state index contributed by atoms with van der Waals surface area (Å²) in [4.78, 5) is 35.0. The van der Waals surface area contributed by atoms with E-state index in [1.165, 1.54) is 0 Å². The minimum absolute atomic E-state index is 0.312. The number of benzene rings is 1. The summed E-state index contributed by atoms with van der Waals surface area (Å²) in [7, 11) is 0. The smallest absolute Gasteiger partial charge is 0.329 e. The number of Topliss-reactive ketones (excluding diaryl/α,β-unsaturated/α-hetero) is 1. The van der Waals surface area contributed by atoms with E-state index in [0.29, 0.717) is 18.4 Å². The van der Waals surface area contributed by atoms with Crippen molar-refractivity contribution in [2.75, 3.05) is 0 Å². The summed E-state index contributed by atoms with van der Waals surface area (Å²) in [5, 5.41) is 18.6. The maximum atomic E-state index is 12.2. The van der Waals surface area contributed by atoms with Gasteiger partial charge in [-0.05, 0) is 18.4 Å². The van der Waals surface area contributed by atoms with Crippen LogP contribution in [0.15, 0.2) is 30.3 Å². The molecule has 5 heteroatoms. The van der Waals surface area contributed by atoms with E-state index in [1.54, 1.807) is 30.3 Å². The third-order valence-corrected chi connectivity index (χ3v) is 3.41. The van der Waals surface area contributed by atoms with Crippen LogP contribution in [0, 0.1) is 11.3 Å². The van der Waals surface area contributed by atoms with Crippen molar-refractivity contribution in [2.24, 2.45) is 11.3 Å². The van der Waals surface area contributed by atoms with Crippen molar-refractivity contribution in [1.29, 1.82) is 0 Å². The van der Waals surface area contributed by atoms with E-state index in [0.717, 1.165) is 0 Å². The van der Waals surface area contributed by atoms with Crippen LogP contribution >= 0.6 is 0 Å². The van der Waals surface area contributed by atoms with Crippen LogP contribution in [-0.4, -0.2) is 27.9 Å². The fourth-order valence-corrected chi connectivity index (χ4v) is 2.14. The van der Waals surface area contributed by atoms with Crippen molar-refractivity contribution in [3.05, 3.63) is 35.9 Å². The number of carbonyl (C=O) groups is 3. The molecule has 0 unspecified atom stereocenters. The zero-order chi connectivity index (χ0) is 14.0. The van der Waals surface area contributed by atoms with Crippen molar-refractivity contribution in [3.63, 3.8) is 0 Å². The molecular formula is C14H14O5. The zero-order valence-corrected chi connectivity index (χ0v) is 10.2. The summed E-state index contributed by atoms with van der Waals surface area (Å²) < 4.78 is 0.